The average molecular weight is 271 g/mol. The number of nitrogens with zero attached hydrogens (tertiary/aromatic N) is 2. The lowest BCUT2D eigenvalue weighted by molar-refractivity contribution is 0.00503. The van der Waals surface area contributed by atoms with Crippen LogP contribution in [0.4, 0.5) is 5.82 Å². The first kappa shape index (κ1) is 15.0. The largest absolute Gasteiger partial charge is 0.477 e. The molecule has 1 aromatic rings. The Kier molecular flexibility index (Phi) is 5.68. The molecule has 0 amide bonds. The molecule has 6 heteroatoms. The number of anilines is 1. The van der Waals surface area contributed by atoms with E-state index >= 15 is 0 Å². The maximum atomic E-state index is 5.64. The van der Waals surface area contributed by atoms with Crippen molar-refractivity contribution in [2.45, 2.75) is 31.0 Å². The number of hydrogen-bond donors (Lipinski definition) is 1. The first-order chi connectivity index (χ1) is 8.50. The lowest BCUT2D eigenvalue weighted by atomic mass is 10.1. The molecule has 102 valence electrons. The zero-order valence-corrected chi connectivity index (χ0v) is 12.4. The van der Waals surface area contributed by atoms with Gasteiger partial charge in [-0.3, -0.25) is 0 Å². The fourth-order valence-corrected chi connectivity index (χ4v) is 1.57. The number of thioether (sulfide) groups is 1. The molecule has 0 aliphatic rings. The molecule has 0 bridgehead atoms. The number of hydrogen-bond acceptors (Lipinski definition) is 6. The summed E-state index contributed by atoms with van der Waals surface area (Å²) in [5, 5.41) is 3.69. The van der Waals surface area contributed by atoms with Crippen LogP contribution >= 0.6 is 11.8 Å². The second-order valence-corrected chi connectivity index (χ2v) is 5.16. The first-order valence-corrected chi connectivity index (χ1v) is 7.02. The fraction of sp³-hybridized carbons (Fsp3) is 0.667. The van der Waals surface area contributed by atoms with Gasteiger partial charge in [-0.25, -0.2) is 4.98 Å². The summed E-state index contributed by atoms with van der Waals surface area (Å²) >= 11 is 1.49. The van der Waals surface area contributed by atoms with E-state index in [4.69, 9.17) is 9.47 Å². The van der Waals surface area contributed by atoms with Crippen LogP contribution in [0.3, 0.4) is 0 Å². The van der Waals surface area contributed by atoms with E-state index in [1.54, 1.807) is 13.2 Å². The Morgan fingerprint density at radius 3 is 2.67 bits per heavy atom. The van der Waals surface area contributed by atoms with Gasteiger partial charge in [-0.05, 0) is 20.1 Å². The Balaban J connectivity index is 2.61. The van der Waals surface area contributed by atoms with Gasteiger partial charge in [0.05, 0.1) is 12.2 Å². The molecule has 18 heavy (non-hydrogen) atoms. The molecule has 0 unspecified atom stereocenters. The van der Waals surface area contributed by atoms with Crippen LogP contribution in [-0.2, 0) is 4.74 Å². The highest BCUT2D eigenvalue weighted by Gasteiger charge is 2.16. The van der Waals surface area contributed by atoms with E-state index in [-0.39, 0.29) is 5.60 Å². The minimum absolute atomic E-state index is 0.179. The predicted molar refractivity (Wildman–Crippen MR) is 74.6 cm³/mol. The van der Waals surface area contributed by atoms with Gasteiger partial charge < -0.3 is 14.8 Å². The molecule has 0 aliphatic carbocycles. The molecule has 1 N–H and O–H groups in total. The summed E-state index contributed by atoms with van der Waals surface area (Å²) in [7, 11) is 3.53. The molecule has 0 aromatic carbocycles. The smallest absolute Gasteiger partial charge is 0.219 e. The van der Waals surface area contributed by atoms with Crippen LogP contribution in [-0.4, -0.2) is 42.6 Å². The van der Waals surface area contributed by atoms with Crippen molar-refractivity contribution < 1.29 is 9.47 Å². The molecule has 0 spiro atoms. The van der Waals surface area contributed by atoms with Gasteiger partial charge in [-0.1, -0.05) is 11.8 Å². The highest BCUT2D eigenvalue weighted by atomic mass is 32.2. The standard InChI is InChI=1S/C12H21N3O2S/c1-12(2,16-4)6-7-17-10-8-9(13-3)14-11(15-10)18-5/h8H,6-7H2,1-5H3,(H,13,14,15). The van der Waals surface area contributed by atoms with Gasteiger partial charge in [0, 0.05) is 26.6 Å². The molecular weight excluding hydrogens is 250 g/mol. The summed E-state index contributed by atoms with van der Waals surface area (Å²) in [5.41, 5.74) is -0.179. The Labute approximate surface area is 113 Å². The molecule has 1 heterocycles. The van der Waals surface area contributed by atoms with E-state index < -0.39 is 0 Å². The van der Waals surface area contributed by atoms with E-state index in [2.05, 4.69) is 15.3 Å². The predicted octanol–water partition coefficient (Wildman–Crippen LogP) is 2.43. The molecule has 0 saturated carbocycles. The molecule has 0 aliphatic heterocycles. The zero-order valence-electron chi connectivity index (χ0n) is 11.6. The van der Waals surface area contributed by atoms with E-state index in [1.165, 1.54) is 11.8 Å². The Morgan fingerprint density at radius 1 is 1.39 bits per heavy atom. The summed E-state index contributed by atoms with van der Waals surface area (Å²) in [6, 6.07) is 1.79. The number of nitrogens with one attached hydrogen (secondary N) is 1. The second kappa shape index (κ2) is 6.80. The summed E-state index contributed by atoms with van der Waals surface area (Å²) in [6.45, 7) is 4.63. The van der Waals surface area contributed by atoms with Crippen LogP contribution in [0.25, 0.3) is 0 Å². The average Bonchev–Trinajstić information content (AvgIpc) is 2.38. The minimum atomic E-state index is -0.179. The van der Waals surface area contributed by atoms with E-state index in [0.717, 1.165) is 12.2 Å². The molecule has 1 rings (SSSR count). The molecule has 1 aromatic heterocycles. The lowest BCUT2D eigenvalue weighted by Gasteiger charge is -2.22. The Bertz CT molecular complexity index is 363. The molecular formula is C12H21N3O2S. The molecule has 0 radical (unpaired) electrons. The molecule has 5 nitrogen and oxygen atoms in total. The Morgan fingerprint density at radius 2 is 2.11 bits per heavy atom. The van der Waals surface area contributed by atoms with Crippen molar-refractivity contribution in [3.05, 3.63) is 6.07 Å². The number of methoxy groups -OCH3 is 1. The maximum Gasteiger partial charge on any atom is 0.219 e. The van der Waals surface area contributed by atoms with E-state index in [9.17, 15) is 0 Å². The minimum Gasteiger partial charge on any atom is -0.477 e. The van der Waals surface area contributed by atoms with Gasteiger partial charge in [-0.2, -0.15) is 4.98 Å². The van der Waals surface area contributed by atoms with Gasteiger partial charge in [0.25, 0.3) is 0 Å². The molecule has 0 saturated heterocycles. The van der Waals surface area contributed by atoms with E-state index in [0.29, 0.717) is 17.6 Å². The van der Waals surface area contributed by atoms with Crippen LogP contribution < -0.4 is 10.1 Å². The van der Waals surface area contributed by atoms with Crippen LogP contribution in [0.2, 0.25) is 0 Å². The van der Waals surface area contributed by atoms with Crippen LogP contribution in [0, 0.1) is 0 Å². The molecule has 0 atom stereocenters. The van der Waals surface area contributed by atoms with Crippen LogP contribution in [0.1, 0.15) is 20.3 Å². The van der Waals surface area contributed by atoms with E-state index in [1.807, 2.05) is 27.2 Å². The van der Waals surface area contributed by atoms with Crippen LogP contribution in [0.15, 0.2) is 11.2 Å². The van der Waals surface area contributed by atoms with Crippen molar-refractivity contribution >= 4 is 17.6 Å². The third-order valence-electron chi connectivity index (χ3n) is 2.63. The van der Waals surface area contributed by atoms with Crippen LogP contribution in [0.5, 0.6) is 5.88 Å². The van der Waals surface area contributed by atoms with Gasteiger partial charge in [0.2, 0.25) is 5.88 Å². The third kappa shape index (κ3) is 4.70. The Hall–Kier alpha value is -1.01. The second-order valence-electron chi connectivity index (χ2n) is 4.39. The van der Waals surface area contributed by atoms with Gasteiger partial charge in [0.1, 0.15) is 5.82 Å². The SMILES string of the molecule is CNc1cc(OCCC(C)(C)OC)nc(SC)n1. The van der Waals surface area contributed by atoms with Crippen molar-refractivity contribution in [3.8, 4) is 5.88 Å². The zero-order chi connectivity index (χ0) is 13.6. The summed E-state index contributed by atoms with van der Waals surface area (Å²) < 4.78 is 11.0. The first-order valence-electron chi connectivity index (χ1n) is 5.79. The van der Waals surface area contributed by atoms with Crippen molar-refractivity contribution in [3.63, 3.8) is 0 Å². The van der Waals surface area contributed by atoms with Crippen molar-refractivity contribution in [2.24, 2.45) is 0 Å². The normalized spacial score (nSPS) is 11.4. The topological polar surface area (TPSA) is 56.3 Å². The van der Waals surface area contributed by atoms with Crippen molar-refractivity contribution in [1.82, 2.24) is 9.97 Å². The van der Waals surface area contributed by atoms with Crippen molar-refractivity contribution in [1.29, 1.82) is 0 Å². The highest BCUT2D eigenvalue weighted by molar-refractivity contribution is 7.98. The van der Waals surface area contributed by atoms with Crippen molar-refractivity contribution in [2.75, 3.05) is 32.3 Å². The summed E-state index contributed by atoms with van der Waals surface area (Å²) in [6.07, 6.45) is 2.74. The quantitative estimate of drug-likeness (QED) is 0.607. The number of aromatic nitrogens is 2. The maximum absolute atomic E-state index is 5.64. The third-order valence-corrected chi connectivity index (χ3v) is 3.18. The highest BCUT2D eigenvalue weighted by Crippen LogP contribution is 2.20. The van der Waals surface area contributed by atoms with Gasteiger partial charge in [-0.15, -0.1) is 0 Å². The fourth-order valence-electron chi connectivity index (χ4n) is 1.20. The summed E-state index contributed by atoms with van der Waals surface area (Å²) in [4.78, 5) is 8.57. The van der Waals surface area contributed by atoms with Gasteiger partial charge in [0.15, 0.2) is 5.16 Å². The lowest BCUT2D eigenvalue weighted by Crippen LogP contribution is -2.25. The molecule has 0 fully saturated rings. The van der Waals surface area contributed by atoms with Gasteiger partial charge >= 0.3 is 0 Å². The number of rotatable bonds is 7. The summed E-state index contributed by atoms with van der Waals surface area (Å²) in [5.74, 6) is 1.35. The monoisotopic (exact) mass is 271 g/mol. The number of ether oxygens (including phenoxy) is 2.